The van der Waals surface area contributed by atoms with Crippen LogP contribution in [0.2, 0.25) is 0 Å². The summed E-state index contributed by atoms with van der Waals surface area (Å²) in [5, 5.41) is 4.21. The highest BCUT2D eigenvalue weighted by atomic mass is 32.2. The van der Waals surface area contributed by atoms with E-state index in [0.29, 0.717) is 29.9 Å². The molecule has 1 fully saturated rings. The number of nitrogens with one attached hydrogen (secondary N) is 1. The molecule has 2 aliphatic rings. The molecule has 0 spiro atoms. The van der Waals surface area contributed by atoms with Gasteiger partial charge in [0, 0.05) is 24.7 Å². The van der Waals surface area contributed by atoms with Gasteiger partial charge in [0.15, 0.2) is 6.10 Å². The van der Waals surface area contributed by atoms with Crippen LogP contribution in [-0.4, -0.2) is 44.5 Å². The molecular weight excluding hydrogens is 412 g/mol. The summed E-state index contributed by atoms with van der Waals surface area (Å²) in [7, 11) is -3.29. The van der Waals surface area contributed by atoms with Crippen LogP contribution < -0.4 is 4.72 Å². The summed E-state index contributed by atoms with van der Waals surface area (Å²) in [6, 6.07) is 10.6. The Morgan fingerprint density at radius 3 is 2.60 bits per heavy atom. The predicted octanol–water partition coefficient (Wildman–Crippen LogP) is 3.42. The van der Waals surface area contributed by atoms with Crippen molar-refractivity contribution in [2.24, 2.45) is 5.16 Å². The number of halogens is 2. The second-order valence-electron chi connectivity index (χ2n) is 7.66. The van der Waals surface area contributed by atoms with E-state index >= 15 is 0 Å². The molecule has 1 saturated heterocycles. The lowest BCUT2D eigenvalue weighted by Crippen LogP contribution is -2.49. The highest BCUT2D eigenvalue weighted by molar-refractivity contribution is 7.88. The number of benzene rings is 2. The van der Waals surface area contributed by atoms with Gasteiger partial charge in [0.2, 0.25) is 10.0 Å². The van der Waals surface area contributed by atoms with Gasteiger partial charge in [0.25, 0.3) is 0 Å². The Balaban J connectivity index is 1.53. The van der Waals surface area contributed by atoms with E-state index in [1.54, 1.807) is 24.3 Å². The smallest absolute Gasteiger partial charge is 0.209 e. The van der Waals surface area contributed by atoms with Crippen LogP contribution in [-0.2, 0) is 14.9 Å². The standard InChI is InChI=1S/C21H23F2N3O3S/c1-30(27,28)25-14-6-5-11-26(13-14)20-12-19(29-24-20)15-7-2-3-8-16(15)21-17(22)9-4-10-18(21)23/h2-4,7-10,14,19,25H,5-6,11-13H2,1H3/t14-,19?/m0/s1. The molecule has 1 unspecified atom stereocenters. The number of likely N-dealkylation sites (tertiary alicyclic amines) is 1. The molecule has 0 aliphatic carbocycles. The first-order valence-electron chi connectivity index (χ1n) is 9.80. The van der Waals surface area contributed by atoms with Gasteiger partial charge >= 0.3 is 0 Å². The molecule has 0 bridgehead atoms. The van der Waals surface area contributed by atoms with Crippen molar-refractivity contribution < 1.29 is 22.0 Å². The number of hydrogen-bond acceptors (Lipinski definition) is 5. The summed E-state index contributed by atoms with van der Waals surface area (Å²) in [6.45, 7) is 1.26. The van der Waals surface area contributed by atoms with Gasteiger partial charge in [0.1, 0.15) is 17.5 Å². The maximum atomic E-state index is 14.4. The zero-order valence-electron chi connectivity index (χ0n) is 16.5. The van der Waals surface area contributed by atoms with Crippen molar-refractivity contribution in [1.82, 2.24) is 9.62 Å². The summed E-state index contributed by atoms with van der Waals surface area (Å²) < 4.78 is 54.5. The van der Waals surface area contributed by atoms with Crippen LogP contribution in [0.4, 0.5) is 8.78 Å². The van der Waals surface area contributed by atoms with Gasteiger partial charge in [-0.15, -0.1) is 0 Å². The van der Waals surface area contributed by atoms with E-state index in [-0.39, 0.29) is 11.6 Å². The van der Waals surface area contributed by atoms with Crippen LogP contribution in [0.1, 0.15) is 30.9 Å². The molecule has 0 saturated carbocycles. The fourth-order valence-electron chi connectivity index (χ4n) is 4.09. The lowest BCUT2D eigenvalue weighted by Gasteiger charge is -2.33. The van der Waals surface area contributed by atoms with Gasteiger partial charge in [-0.3, -0.25) is 0 Å². The van der Waals surface area contributed by atoms with Crippen molar-refractivity contribution >= 4 is 15.9 Å². The van der Waals surface area contributed by atoms with Crippen molar-refractivity contribution in [2.75, 3.05) is 19.3 Å². The molecule has 160 valence electrons. The second-order valence-corrected chi connectivity index (χ2v) is 9.44. The van der Waals surface area contributed by atoms with Crippen LogP contribution >= 0.6 is 0 Å². The molecular formula is C21H23F2N3O3S. The van der Waals surface area contributed by atoms with E-state index in [2.05, 4.69) is 9.88 Å². The monoisotopic (exact) mass is 435 g/mol. The molecule has 0 radical (unpaired) electrons. The van der Waals surface area contributed by atoms with Crippen molar-refractivity contribution in [1.29, 1.82) is 0 Å². The molecule has 2 aliphatic heterocycles. The number of amidine groups is 1. The molecule has 0 amide bonds. The van der Waals surface area contributed by atoms with Gasteiger partial charge in [-0.05, 0) is 30.5 Å². The first-order valence-corrected chi connectivity index (χ1v) is 11.7. The summed E-state index contributed by atoms with van der Waals surface area (Å²) >= 11 is 0. The second kappa shape index (κ2) is 8.31. The van der Waals surface area contributed by atoms with Crippen molar-refractivity contribution in [3.8, 4) is 11.1 Å². The Kier molecular flexibility index (Phi) is 5.75. The number of piperidine rings is 1. The first kappa shape index (κ1) is 20.7. The van der Waals surface area contributed by atoms with Gasteiger partial charge < -0.3 is 9.74 Å². The van der Waals surface area contributed by atoms with Crippen LogP contribution in [0.3, 0.4) is 0 Å². The topological polar surface area (TPSA) is 71.0 Å². The molecule has 2 aromatic carbocycles. The summed E-state index contributed by atoms with van der Waals surface area (Å²) in [5.41, 5.74) is 1.01. The Morgan fingerprint density at radius 1 is 1.13 bits per heavy atom. The quantitative estimate of drug-likeness (QED) is 0.799. The molecule has 30 heavy (non-hydrogen) atoms. The van der Waals surface area contributed by atoms with E-state index in [0.717, 1.165) is 25.6 Å². The highest BCUT2D eigenvalue weighted by Crippen LogP contribution is 2.37. The maximum absolute atomic E-state index is 14.4. The van der Waals surface area contributed by atoms with Crippen LogP contribution in [0.15, 0.2) is 47.6 Å². The molecule has 2 aromatic rings. The van der Waals surface area contributed by atoms with Crippen LogP contribution in [0.5, 0.6) is 0 Å². The summed E-state index contributed by atoms with van der Waals surface area (Å²) in [6.07, 6.45) is 2.71. The fourth-order valence-corrected chi connectivity index (χ4v) is 4.89. The molecule has 2 heterocycles. The van der Waals surface area contributed by atoms with Crippen molar-refractivity contribution in [2.45, 2.75) is 31.4 Å². The third-order valence-electron chi connectivity index (χ3n) is 5.36. The minimum absolute atomic E-state index is 0.0828. The fraction of sp³-hybridized carbons (Fsp3) is 0.381. The van der Waals surface area contributed by atoms with Gasteiger partial charge in [-0.1, -0.05) is 35.5 Å². The lowest BCUT2D eigenvalue weighted by molar-refractivity contribution is 0.0858. The maximum Gasteiger partial charge on any atom is 0.209 e. The minimum Gasteiger partial charge on any atom is -0.386 e. The molecule has 1 N–H and O–H groups in total. The Labute approximate surface area is 174 Å². The average molecular weight is 435 g/mol. The van der Waals surface area contributed by atoms with Crippen molar-refractivity contribution in [3.63, 3.8) is 0 Å². The summed E-state index contributed by atoms with van der Waals surface area (Å²) in [4.78, 5) is 7.66. The third kappa shape index (κ3) is 4.46. The number of sulfonamides is 1. The number of oxime groups is 1. The SMILES string of the molecule is CS(=O)(=O)N[C@H]1CCCN(C2=NOC(c3ccccc3-c3c(F)cccc3F)C2)C1. The molecule has 9 heteroatoms. The van der Waals surface area contributed by atoms with Gasteiger partial charge in [-0.2, -0.15) is 0 Å². The van der Waals surface area contributed by atoms with E-state index in [1.165, 1.54) is 18.2 Å². The first-order chi connectivity index (χ1) is 14.3. The normalized spacial score (nSPS) is 22.0. The Morgan fingerprint density at radius 2 is 1.87 bits per heavy atom. The summed E-state index contributed by atoms with van der Waals surface area (Å²) in [5.74, 6) is -0.552. The zero-order valence-corrected chi connectivity index (χ0v) is 17.3. The Bertz CT molecular complexity index is 1050. The molecule has 0 aromatic heterocycles. The zero-order chi connectivity index (χ0) is 21.3. The average Bonchev–Trinajstić information content (AvgIpc) is 3.17. The number of nitrogens with zero attached hydrogens (tertiary/aromatic N) is 2. The number of rotatable bonds is 4. The van der Waals surface area contributed by atoms with E-state index in [9.17, 15) is 17.2 Å². The third-order valence-corrected chi connectivity index (χ3v) is 6.12. The Hall–Kier alpha value is -2.52. The van der Waals surface area contributed by atoms with E-state index in [1.807, 2.05) is 4.90 Å². The molecule has 2 atom stereocenters. The van der Waals surface area contributed by atoms with Gasteiger partial charge in [-0.25, -0.2) is 21.9 Å². The van der Waals surface area contributed by atoms with E-state index in [4.69, 9.17) is 4.84 Å². The minimum atomic E-state index is -3.29. The highest BCUT2D eigenvalue weighted by Gasteiger charge is 2.32. The van der Waals surface area contributed by atoms with Crippen LogP contribution in [0, 0.1) is 11.6 Å². The molecule has 6 nitrogen and oxygen atoms in total. The van der Waals surface area contributed by atoms with E-state index < -0.39 is 27.8 Å². The number of hydrogen-bond donors (Lipinski definition) is 1. The van der Waals surface area contributed by atoms with Crippen molar-refractivity contribution in [3.05, 3.63) is 59.7 Å². The van der Waals surface area contributed by atoms with Crippen LogP contribution in [0.25, 0.3) is 11.1 Å². The predicted molar refractivity (Wildman–Crippen MR) is 110 cm³/mol. The van der Waals surface area contributed by atoms with Gasteiger partial charge in [0.05, 0.1) is 18.2 Å². The molecule has 4 rings (SSSR count). The largest absolute Gasteiger partial charge is 0.386 e. The lowest BCUT2D eigenvalue weighted by atomic mass is 9.94.